The number of aliphatic hydroxyl groups excluding tert-OH is 1. The molecule has 0 aliphatic carbocycles. The summed E-state index contributed by atoms with van der Waals surface area (Å²) in [5.74, 6) is 0.770. The molecule has 0 bridgehead atoms. The maximum absolute atomic E-state index is 10.4. The van der Waals surface area contributed by atoms with Gasteiger partial charge in [0.05, 0.1) is 19.0 Å². The van der Waals surface area contributed by atoms with E-state index in [1.165, 1.54) is 10.4 Å². The van der Waals surface area contributed by atoms with Crippen LogP contribution in [0, 0.1) is 0 Å². The summed E-state index contributed by atoms with van der Waals surface area (Å²) in [4.78, 5) is 3.54. The van der Waals surface area contributed by atoms with Gasteiger partial charge in [-0.3, -0.25) is 4.90 Å². The van der Waals surface area contributed by atoms with Crippen LogP contribution in [-0.4, -0.2) is 29.3 Å². The Morgan fingerprint density at radius 1 is 1.04 bits per heavy atom. The summed E-state index contributed by atoms with van der Waals surface area (Å²) in [6, 6.07) is 18.2. The number of thiophene rings is 1. The zero-order valence-corrected chi connectivity index (χ0v) is 14.9. The highest BCUT2D eigenvalue weighted by molar-refractivity contribution is 7.09. The van der Waals surface area contributed by atoms with E-state index in [-0.39, 0.29) is 6.61 Å². The Balaban J connectivity index is 1.52. The summed E-state index contributed by atoms with van der Waals surface area (Å²) in [6.07, 6.45) is 1.08. The van der Waals surface area contributed by atoms with Gasteiger partial charge in [-0.1, -0.05) is 36.4 Å². The van der Waals surface area contributed by atoms with E-state index in [4.69, 9.17) is 9.15 Å². The lowest BCUT2D eigenvalue weighted by molar-refractivity contribution is 0.00268. The maximum Gasteiger partial charge on any atom is 0.129 e. The van der Waals surface area contributed by atoms with Gasteiger partial charge < -0.3 is 14.3 Å². The van der Waals surface area contributed by atoms with Crippen molar-refractivity contribution in [2.75, 3.05) is 13.2 Å². The van der Waals surface area contributed by atoms with E-state index in [9.17, 15) is 5.11 Å². The van der Waals surface area contributed by atoms with E-state index < -0.39 is 6.10 Å². The molecule has 2 heterocycles. The van der Waals surface area contributed by atoms with Gasteiger partial charge in [-0.15, -0.1) is 11.3 Å². The topological polar surface area (TPSA) is 45.8 Å². The highest BCUT2D eigenvalue weighted by atomic mass is 32.1. The maximum atomic E-state index is 10.4. The van der Waals surface area contributed by atoms with Crippen LogP contribution in [0.3, 0.4) is 0 Å². The molecule has 25 heavy (non-hydrogen) atoms. The van der Waals surface area contributed by atoms with Crippen LogP contribution in [0.2, 0.25) is 0 Å². The smallest absolute Gasteiger partial charge is 0.129 e. The Morgan fingerprint density at radius 3 is 2.64 bits per heavy atom. The van der Waals surface area contributed by atoms with E-state index in [2.05, 4.69) is 34.5 Å². The number of rotatable bonds is 10. The third-order valence-electron chi connectivity index (χ3n) is 3.81. The monoisotopic (exact) mass is 357 g/mol. The van der Waals surface area contributed by atoms with Crippen molar-refractivity contribution >= 4 is 11.3 Å². The quantitative estimate of drug-likeness (QED) is 0.597. The minimum absolute atomic E-state index is 0.288. The molecule has 0 aliphatic rings. The Bertz CT molecular complexity index is 698. The number of benzene rings is 1. The van der Waals surface area contributed by atoms with Gasteiger partial charge in [0, 0.05) is 24.5 Å². The second-order valence-corrected chi connectivity index (χ2v) is 7.02. The van der Waals surface area contributed by atoms with Crippen molar-refractivity contribution in [3.05, 3.63) is 82.4 Å². The van der Waals surface area contributed by atoms with Crippen molar-refractivity contribution in [3.8, 4) is 0 Å². The summed E-state index contributed by atoms with van der Waals surface area (Å²) in [6.45, 7) is 2.85. The molecular weight excluding hydrogens is 334 g/mol. The molecule has 3 aromatic rings. The Labute approximate surface area is 152 Å². The average molecular weight is 357 g/mol. The third-order valence-corrected chi connectivity index (χ3v) is 4.67. The van der Waals surface area contributed by atoms with Gasteiger partial charge >= 0.3 is 0 Å². The number of hydrogen-bond donors (Lipinski definition) is 1. The predicted octanol–water partition coefficient (Wildman–Crippen LogP) is 3.92. The van der Waals surface area contributed by atoms with Gasteiger partial charge in [0.25, 0.3) is 0 Å². The number of hydrogen-bond acceptors (Lipinski definition) is 5. The largest absolute Gasteiger partial charge is 0.467 e. The molecule has 1 N–H and O–H groups in total. The van der Waals surface area contributed by atoms with Gasteiger partial charge in [0.1, 0.15) is 12.4 Å². The molecule has 0 spiro atoms. The molecule has 0 saturated heterocycles. The minimum Gasteiger partial charge on any atom is -0.467 e. The first kappa shape index (κ1) is 17.9. The van der Waals surface area contributed by atoms with Crippen LogP contribution in [0.15, 0.2) is 70.7 Å². The molecule has 0 amide bonds. The number of furan rings is 1. The van der Waals surface area contributed by atoms with E-state index >= 15 is 0 Å². The molecule has 1 aromatic carbocycles. The van der Waals surface area contributed by atoms with Crippen molar-refractivity contribution in [1.29, 1.82) is 0 Å². The highest BCUT2D eigenvalue weighted by Crippen LogP contribution is 2.15. The van der Waals surface area contributed by atoms with Gasteiger partial charge in [-0.05, 0) is 29.1 Å². The molecule has 0 aliphatic heterocycles. The fourth-order valence-electron chi connectivity index (χ4n) is 2.69. The average Bonchev–Trinajstić information content (AvgIpc) is 3.29. The lowest BCUT2D eigenvalue weighted by atomic mass is 10.2. The van der Waals surface area contributed by atoms with E-state index in [1.807, 2.05) is 30.3 Å². The third kappa shape index (κ3) is 6.14. The molecule has 0 fully saturated rings. The summed E-state index contributed by atoms with van der Waals surface area (Å²) in [5, 5.41) is 12.4. The molecule has 0 saturated carbocycles. The molecule has 5 heteroatoms. The fourth-order valence-corrected chi connectivity index (χ4v) is 3.44. The zero-order valence-electron chi connectivity index (χ0n) is 14.1. The van der Waals surface area contributed by atoms with Crippen LogP contribution in [0.5, 0.6) is 0 Å². The zero-order chi connectivity index (χ0) is 17.3. The normalized spacial score (nSPS) is 12.6. The minimum atomic E-state index is -0.543. The second kappa shape index (κ2) is 9.53. The molecule has 0 radical (unpaired) electrons. The Morgan fingerprint density at radius 2 is 1.92 bits per heavy atom. The molecule has 2 aromatic heterocycles. The van der Waals surface area contributed by atoms with Gasteiger partial charge in [0.15, 0.2) is 0 Å². The van der Waals surface area contributed by atoms with Crippen molar-refractivity contribution in [3.63, 3.8) is 0 Å². The van der Waals surface area contributed by atoms with Crippen LogP contribution >= 0.6 is 11.3 Å². The van der Waals surface area contributed by atoms with Crippen molar-refractivity contribution in [1.82, 2.24) is 4.90 Å². The lowest BCUT2D eigenvalue weighted by Crippen LogP contribution is -2.34. The highest BCUT2D eigenvalue weighted by Gasteiger charge is 2.14. The summed E-state index contributed by atoms with van der Waals surface area (Å²) >= 11 is 1.74. The second-order valence-electron chi connectivity index (χ2n) is 5.98. The van der Waals surface area contributed by atoms with Crippen LogP contribution < -0.4 is 0 Å². The molecule has 1 atom stereocenters. The molecule has 1 unspecified atom stereocenters. The lowest BCUT2D eigenvalue weighted by Gasteiger charge is -2.24. The van der Waals surface area contributed by atoms with Crippen LogP contribution in [-0.2, 0) is 24.4 Å². The van der Waals surface area contributed by atoms with Crippen LogP contribution in [0.25, 0.3) is 0 Å². The summed E-state index contributed by atoms with van der Waals surface area (Å²) in [7, 11) is 0. The Hall–Kier alpha value is -1.92. The van der Waals surface area contributed by atoms with Crippen molar-refractivity contribution in [2.24, 2.45) is 0 Å². The van der Waals surface area contributed by atoms with Gasteiger partial charge in [0.2, 0.25) is 0 Å². The van der Waals surface area contributed by atoms with Crippen molar-refractivity contribution in [2.45, 2.75) is 25.8 Å². The fraction of sp³-hybridized carbons (Fsp3) is 0.300. The molecular formula is C20H23NO3S. The van der Waals surface area contributed by atoms with Crippen LogP contribution in [0.4, 0.5) is 0 Å². The number of ether oxygens (including phenoxy) is 1. The summed E-state index contributed by atoms with van der Waals surface area (Å²) in [5.41, 5.74) is 1.24. The summed E-state index contributed by atoms with van der Waals surface area (Å²) < 4.78 is 10.8. The van der Waals surface area contributed by atoms with E-state index in [1.54, 1.807) is 17.6 Å². The first-order chi connectivity index (χ1) is 12.3. The standard InChI is InChI=1S/C20H23NO3S/c22-18(15-23-16-19-8-4-10-24-19)13-21(14-20-9-5-11-25-20)12-17-6-2-1-3-7-17/h1-11,18,22H,12-16H2. The molecule has 4 nitrogen and oxygen atoms in total. The molecule has 132 valence electrons. The molecule has 3 rings (SSSR count). The van der Waals surface area contributed by atoms with Gasteiger partial charge in [-0.25, -0.2) is 0 Å². The first-order valence-corrected chi connectivity index (χ1v) is 9.24. The number of aliphatic hydroxyl groups is 1. The van der Waals surface area contributed by atoms with Gasteiger partial charge in [-0.2, -0.15) is 0 Å². The SMILES string of the molecule is OC(COCc1ccco1)CN(Cc1ccccc1)Cc1cccs1. The van der Waals surface area contributed by atoms with E-state index in [0.717, 1.165) is 18.8 Å². The predicted molar refractivity (Wildman–Crippen MR) is 99.2 cm³/mol. The van der Waals surface area contributed by atoms with Crippen molar-refractivity contribution < 1.29 is 14.3 Å². The van der Waals surface area contributed by atoms with Crippen LogP contribution in [0.1, 0.15) is 16.2 Å². The van der Waals surface area contributed by atoms with E-state index in [0.29, 0.717) is 13.2 Å². The Kier molecular flexibility index (Phi) is 6.82. The number of nitrogens with zero attached hydrogens (tertiary/aromatic N) is 1. The first-order valence-electron chi connectivity index (χ1n) is 8.36.